The summed E-state index contributed by atoms with van der Waals surface area (Å²) in [6.45, 7) is 2.47. The first kappa shape index (κ1) is 29.0. The van der Waals surface area contributed by atoms with Crippen LogP contribution in [0.4, 0.5) is 9.59 Å². The summed E-state index contributed by atoms with van der Waals surface area (Å²) < 4.78 is 10.4. The number of hydrogen-bond donors (Lipinski definition) is 1. The van der Waals surface area contributed by atoms with Crippen molar-refractivity contribution in [3.8, 4) is 0 Å². The molecule has 2 heterocycles. The molecular weight excluding hydrogens is 512 g/mol. The number of aliphatic carboxylic acids is 1. The molecule has 0 unspecified atom stereocenters. The summed E-state index contributed by atoms with van der Waals surface area (Å²) in [4.78, 5) is 48.7. The van der Waals surface area contributed by atoms with E-state index in [1.807, 2.05) is 60.7 Å². The highest BCUT2D eigenvalue weighted by Gasteiger charge is 2.28. The van der Waals surface area contributed by atoms with Crippen LogP contribution in [0.25, 0.3) is 0 Å². The predicted molar refractivity (Wildman–Crippen MR) is 140 cm³/mol. The first-order valence-electron chi connectivity index (χ1n) is 12.7. The SMILES string of the molecule is O=C(Cl)C1CCN(C(=O)OCc2ccccc2)CC1.O=C(O)C1CCN(C(=O)OCc2ccccc2)CC1. The van der Waals surface area contributed by atoms with Crippen molar-refractivity contribution in [1.29, 1.82) is 0 Å². The van der Waals surface area contributed by atoms with Gasteiger partial charge in [0.15, 0.2) is 0 Å². The van der Waals surface area contributed by atoms with Gasteiger partial charge in [-0.1, -0.05) is 60.7 Å². The van der Waals surface area contributed by atoms with Crippen LogP contribution in [0.5, 0.6) is 0 Å². The molecule has 0 atom stereocenters. The fourth-order valence-electron chi connectivity index (χ4n) is 4.22. The van der Waals surface area contributed by atoms with Crippen LogP contribution in [-0.4, -0.2) is 64.5 Å². The molecule has 38 heavy (non-hydrogen) atoms. The number of nitrogens with zero attached hydrogens (tertiary/aromatic N) is 2. The Morgan fingerprint density at radius 3 is 1.39 bits per heavy atom. The lowest BCUT2D eigenvalue weighted by Crippen LogP contribution is -2.40. The zero-order valence-corrected chi connectivity index (χ0v) is 21.9. The third-order valence-electron chi connectivity index (χ3n) is 6.59. The van der Waals surface area contributed by atoms with Crippen LogP contribution in [-0.2, 0) is 32.3 Å². The minimum Gasteiger partial charge on any atom is -0.481 e. The topological polar surface area (TPSA) is 113 Å². The number of carboxylic acid groups (broad SMARTS) is 1. The average molecular weight is 545 g/mol. The minimum absolute atomic E-state index is 0.125. The number of carbonyl (C=O) groups excluding carboxylic acids is 3. The molecule has 0 bridgehead atoms. The summed E-state index contributed by atoms with van der Waals surface area (Å²) in [6, 6.07) is 19.0. The smallest absolute Gasteiger partial charge is 0.410 e. The maximum atomic E-state index is 11.8. The van der Waals surface area contributed by atoms with Gasteiger partial charge in [0.25, 0.3) is 0 Å². The number of benzene rings is 2. The van der Waals surface area contributed by atoms with Gasteiger partial charge in [-0.05, 0) is 48.4 Å². The maximum absolute atomic E-state index is 11.8. The minimum atomic E-state index is -0.780. The zero-order valence-electron chi connectivity index (χ0n) is 21.2. The molecule has 2 aromatic rings. The molecular formula is C28H33ClN2O7. The molecule has 2 amide bonds. The fraction of sp³-hybridized carbons (Fsp3) is 0.429. The normalized spacial score (nSPS) is 16.1. The van der Waals surface area contributed by atoms with Crippen molar-refractivity contribution in [2.45, 2.75) is 38.9 Å². The molecule has 10 heteroatoms. The van der Waals surface area contributed by atoms with E-state index in [2.05, 4.69) is 0 Å². The van der Waals surface area contributed by atoms with E-state index < -0.39 is 5.97 Å². The van der Waals surface area contributed by atoms with Crippen LogP contribution in [0.15, 0.2) is 60.7 Å². The number of hydrogen-bond acceptors (Lipinski definition) is 6. The second-order valence-corrected chi connectivity index (χ2v) is 9.62. The molecule has 204 valence electrons. The Bertz CT molecular complexity index is 966. The van der Waals surface area contributed by atoms with Crippen molar-refractivity contribution >= 4 is 35.0 Å². The molecule has 4 rings (SSSR count). The van der Waals surface area contributed by atoms with Crippen LogP contribution >= 0.6 is 11.6 Å². The predicted octanol–water partition coefficient (Wildman–Crippen LogP) is 4.92. The first-order chi connectivity index (χ1) is 18.3. The molecule has 0 aliphatic carbocycles. The lowest BCUT2D eigenvalue weighted by Gasteiger charge is -2.29. The van der Waals surface area contributed by atoms with E-state index in [-0.39, 0.29) is 42.5 Å². The Hall–Kier alpha value is -3.59. The highest BCUT2D eigenvalue weighted by atomic mass is 35.5. The Morgan fingerprint density at radius 1 is 0.684 bits per heavy atom. The van der Waals surface area contributed by atoms with Crippen LogP contribution in [0.2, 0.25) is 0 Å². The number of halogens is 1. The number of rotatable bonds is 6. The van der Waals surface area contributed by atoms with Gasteiger partial charge in [0.05, 0.1) is 5.92 Å². The highest BCUT2D eigenvalue weighted by molar-refractivity contribution is 6.64. The van der Waals surface area contributed by atoms with E-state index in [1.54, 1.807) is 9.80 Å². The molecule has 2 aliphatic rings. The van der Waals surface area contributed by atoms with E-state index in [1.165, 1.54) is 0 Å². The van der Waals surface area contributed by atoms with Crippen molar-refractivity contribution in [2.75, 3.05) is 26.2 Å². The summed E-state index contributed by atoms with van der Waals surface area (Å²) in [7, 11) is 0. The molecule has 2 aliphatic heterocycles. The van der Waals surface area contributed by atoms with Crippen molar-refractivity contribution < 1.29 is 33.8 Å². The number of piperidine rings is 2. The van der Waals surface area contributed by atoms with Gasteiger partial charge in [-0.25, -0.2) is 9.59 Å². The van der Waals surface area contributed by atoms with Crippen LogP contribution in [0.1, 0.15) is 36.8 Å². The quantitative estimate of drug-likeness (QED) is 0.513. The van der Waals surface area contributed by atoms with Crippen molar-refractivity contribution in [1.82, 2.24) is 9.80 Å². The largest absolute Gasteiger partial charge is 0.481 e. The van der Waals surface area contributed by atoms with Crippen molar-refractivity contribution in [3.05, 3.63) is 71.8 Å². The van der Waals surface area contributed by atoms with Gasteiger partial charge in [-0.3, -0.25) is 9.59 Å². The third-order valence-corrected chi connectivity index (χ3v) is 6.90. The van der Waals surface area contributed by atoms with Gasteiger partial charge in [0.1, 0.15) is 13.2 Å². The molecule has 2 fully saturated rings. The first-order valence-corrected chi connectivity index (χ1v) is 13.0. The van der Waals surface area contributed by atoms with Crippen LogP contribution < -0.4 is 0 Å². The number of carboxylic acids is 1. The molecule has 0 saturated carbocycles. The number of amides is 2. The van der Waals surface area contributed by atoms with Gasteiger partial charge in [0.2, 0.25) is 5.24 Å². The van der Waals surface area contributed by atoms with Gasteiger partial charge in [-0.2, -0.15) is 0 Å². The van der Waals surface area contributed by atoms with Crippen molar-refractivity contribution in [2.24, 2.45) is 11.8 Å². The summed E-state index contributed by atoms with van der Waals surface area (Å²) >= 11 is 5.45. The summed E-state index contributed by atoms with van der Waals surface area (Å²) in [5.41, 5.74) is 1.90. The average Bonchev–Trinajstić information content (AvgIpc) is 2.96. The third kappa shape index (κ3) is 9.37. The van der Waals surface area contributed by atoms with Gasteiger partial charge in [0, 0.05) is 32.1 Å². The number of ether oxygens (including phenoxy) is 2. The number of carbonyl (C=O) groups is 4. The van der Waals surface area contributed by atoms with Crippen LogP contribution in [0.3, 0.4) is 0 Å². The molecule has 0 aromatic heterocycles. The zero-order chi connectivity index (χ0) is 27.3. The molecule has 2 saturated heterocycles. The Labute approximate surface area is 227 Å². The Kier molecular flexibility index (Phi) is 11.4. The second kappa shape index (κ2) is 15.0. The van der Waals surface area contributed by atoms with E-state index in [4.69, 9.17) is 26.2 Å². The Balaban J connectivity index is 0.000000211. The van der Waals surface area contributed by atoms with Gasteiger partial charge in [-0.15, -0.1) is 0 Å². The van der Waals surface area contributed by atoms with Gasteiger partial charge < -0.3 is 24.4 Å². The monoisotopic (exact) mass is 544 g/mol. The van der Waals surface area contributed by atoms with Crippen molar-refractivity contribution in [3.63, 3.8) is 0 Å². The Morgan fingerprint density at radius 2 is 1.05 bits per heavy atom. The van der Waals surface area contributed by atoms with E-state index in [0.717, 1.165) is 11.1 Å². The molecule has 2 aromatic carbocycles. The lowest BCUT2D eigenvalue weighted by atomic mass is 9.97. The molecule has 0 spiro atoms. The second-order valence-electron chi connectivity index (χ2n) is 9.25. The van der Waals surface area contributed by atoms with Crippen LogP contribution in [0, 0.1) is 11.8 Å². The van der Waals surface area contributed by atoms with E-state index in [9.17, 15) is 19.2 Å². The number of likely N-dealkylation sites (tertiary alicyclic amines) is 2. The fourth-order valence-corrected chi connectivity index (χ4v) is 4.44. The molecule has 9 nitrogen and oxygen atoms in total. The molecule has 0 radical (unpaired) electrons. The highest BCUT2D eigenvalue weighted by Crippen LogP contribution is 2.20. The standard InChI is InChI=1S/C14H16ClNO3.C14H17NO4/c15-13(17)12-6-8-16(9-7-12)14(18)19-10-11-4-2-1-3-5-11;16-13(17)12-6-8-15(9-7-12)14(18)19-10-11-4-2-1-3-5-11/h1-5,12H,6-10H2;1-5,12H,6-10H2,(H,16,17). The molecule has 1 N–H and O–H groups in total. The summed E-state index contributed by atoms with van der Waals surface area (Å²) in [5.74, 6) is -1.24. The maximum Gasteiger partial charge on any atom is 0.410 e. The lowest BCUT2D eigenvalue weighted by molar-refractivity contribution is -0.143. The summed E-state index contributed by atoms with van der Waals surface area (Å²) in [5, 5.41) is 8.57. The van der Waals surface area contributed by atoms with Gasteiger partial charge >= 0.3 is 18.2 Å². The van der Waals surface area contributed by atoms with E-state index in [0.29, 0.717) is 51.9 Å². The van der Waals surface area contributed by atoms with E-state index >= 15 is 0 Å². The summed E-state index contributed by atoms with van der Waals surface area (Å²) in [6.07, 6.45) is 1.52.